The second-order valence-electron chi connectivity index (χ2n) is 15.9. The molecular formula is C36H58O17. The molecule has 0 spiro atoms. The topological polar surface area (TPSA) is 275 Å². The van der Waals surface area contributed by atoms with Gasteiger partial charge in [0.05, 0.1) is 49.3 Å². The molecule has 0 aromatic rings. The maximum Gasteiger partial charge on any atom is 0.330 e. The quantitative estimate of drug-likeness (QED) is 0.0813. The molecule has 3 aliphatic carbocycles. The van der Waals surface area contributed by atoms with Crippen LogP contribution in [0.4, 0.5) is 0 Å². The molecule has 0 aromatic heterocycles. The van der Waals surface area contributed by atoms with Crippen molar-refractivity contribution in [3.63, 3.8) is 0 Å². The van der Waals surface area contributed by atoms with Gasteiger partial charge in [0.2, 0.25) is 0 Å². The Labute approximate surface area is 308 Å². The Balaban J connectivity index is 1.15. The van der Waals surface area contributed by atoms with Crippen molar-refractivity contribution in [2.24, 2.45) is 17.8 Å². The Kier molecular flexibility index (Phi) is 14.2. The molecular weight excluding hydrogens is 704 g/mol. The summed E-state index contributed by atoms with van der Waals surface area (Å²) in [6.07, 6.45) is -11.0. The minimum Gasteiger partial charge on any atom is -0.460 e. The van der Waals surface area contributed by atoms with Gasteiger partial charge < -0.3 is 79.5 Å². The van der Waals surface area contributed by atoms with Crippen molar-refractivity contribution in [1.82, 2.24) is 0 Å². The summed E-state index contributed by atoms with van der Waals surface area (Å²) in [6, 6.07) is 0. The van der Waals surface area contributed by atoms with Crippen molar-refractivity contribution in [3.05, 3.63) is 12.2 Å². The van der Waals surface area contributed by atoms with Crippen LogP contribution in [-0.4, -0.2) is 174 Å². The fourth-order valence-corrected chi connectivity index (χ4v) is 8.92. The van der Waals surface area contributed by atoms with Crippen LogP contribution in [0.2, 0.25) is 0 Å². The highest BCUT2D eigenvalue weighted by Crippen LogP contribution is 2.45. The number of hydrogen-bond donors (Lipinski definition) is 10. The second kappa shape index (κ2) is 18.3. The number of esters is 1. The number of rotatable bonds is 10. The van der Waals surface area contributed by atoms with Crippen LogP contribution in [0, 0.1) is 17.8 Å². The van der Waals surface area contributed by atoms with E-state index in [0.717, 1.165) is 12.8 Å². The summed E-state index contributed by atoms with van der Waals surface area (Å²) in [6.45, 7) is -1.09. The lowest BCUT2D eigenvalue weighted by Gasteiger charge is -2.52. The lowest BCUT2D eigenvalue weighted by atomic mass is 9.73. The van der Waals surface area contributed by atoms with Gasteiger partial charge in [0.25, 0.3) is 0 Å². The Hall–Kier alpha value is -1.39. The van der Waals surface area contributed by atoms with E-state index >= 15 is 0 Å². The summed E-state index contributed by atoms with van der Waals surface area (Å²) in [7, 11) is 0. The van der Waals surface area contributed by atoms with Crippen LogP contribution < -0.4 is 0 Å². The first-order chi connectivity index (χ1) is 25.3. The molecule has 17 heteroatoms. The SMILES string of the molecule is O=C(C=CC1CCC(O)CC1)OC[C@H]1O[C@@H](OC2CC3C(CC(O)CC3O[C@@H]3O[C@H](CO)[C@@H](O)[C@H](O)[C@H]3O)OC2C2CCC(O)CC2)[C@H](O)[C@@H](O)[C@@H]1O. The van der Waals surface area contributed by atoms with E-state index in [4.69, 9.17) is 28.4 Å². The van der Waals surface area contributed by atoms with Gasteiger partial charge in [-0.05, 0) is 76.0 Å². The van der Waals surface area contributed by atoms with Crippen molar-refractivity contribution in [2.75, 3.05) is 13.2 Å². The molecule has 0 radical (unpaired) electrons. The lowest BCUT2D eigenvalue weighted by molar-refractivity contribution is -0.344. The molecule has 6 aliphatic rings. The molecule has 16 atom stereocenters. The van der Waals surface area contributed by atoms with Gasteiger partial charge in [0, 0.05) is 18.4 Å². The number of fused-ring (bicyclic) bond motifs is 1. The Morgan fingerprint density at radius 1 is 0.604 bits per heavy atom. The van der Waals surface area contributed by atoms with Gasteiger partial charge in [-0.1, -0.05) is 6.08 Å². The van der Waals surface area contributed by atoms with E-state index in [2.05, 4.69) is 0 Å². The van der Waals surface area contributed by atoms with Crippen LogP contribution in [0.25, 0.3) is 0 Å². The van der Waals surface area contributed by atoms with Crippen molar-refractivity contribution in [3.8, 4) is 0 Å². The minimum absolute atomic E-state index is 0.0829. The highest BCUT2D eigenvalue weighted by atomic mass is 16.7. The molecule has 3 heterocycles. The maximum atomic E-state index is 12.5. The van der Waals surface area contributed by atoms with Crippen LogP contribution in [-0.2, 0) is 33.2 Å². The van der Waals surface area contributed by atoms with Crippen LogP contribution >= 0.6 is 0 Å². The summed E-state index contributed by atoms with van der Waals surface area (Å²) in [4.78, 5) is 12.5. The minimum atomic E-state index is -1.71. The third kappa shape index (κ3) is 9.77. The maximum absolute atomic E-state index is 12.5. The Morgan fingerprint density at radius 2 is 1.17 bits per heavy atom. The number of ether oxygens (including phenoxy) is 6. The smallest absolute Gasteiger partial charge is 0.330 e. The van der Waals surface area contributed by atoms with E-state index in [0.29, 0.717) is 38.5 Å². The monoisotopic (exact) mass is 762 g/mol. The number of aliphatic hydroxyl groups is 10. The molecule has 17 nitrogen and oxygen atoms in total. The normalized spacial score (nSPS) is 49.7. The number of carbonyl (C=O) groups is 1. The van der Waals surface area contributed by atoms with Gasteiger partial charge in [0.1, 0.15) is 55.4 Å². The number of allylic oxidation sites excluding steroid dienone is 1. The second-order valence-corrected chi connectivity index (χ2v) is 15.9. The molecule has 3 saturated carbocycles. The van der Waals surface area contributed by atoms with Crippen LogP contribution in [0.5, 0.6) is 0 Å². The average molecular weight is 763 g/mol. The van der Waals surface area contributed by atoms with Crippen molar-refractivity contribution in [2.45, 2.75) is 175 Å². The fraction of sp³-hybridized carbons (Fsp3) is 0.917. The van der Waals surface area contributed by atoms with Gasteiger partial charge in [-0.25, -0.2) is 4.79 Å². The summed E-state index contributed by atoms with van der Waals surface area (Å²) in [5, 5.41) is 104. The van der Waals surface area contributed by atoms with Gasteiger partial charge in [-0.3, -0.25) is 0 Å². The summed E-state index contributed by atoms with van der Waals surface area (Å²) in [5.41, 5.74) is 0. The molecule has 0 bridgehead atoms. The zero-order valence-electron chi connectivity index (χ0n) is 29.7. The molecule has 10 N–H and O–H groups in total. The van der Waals surface area contributed by atoms with Crippen molar-refractivity contribution < 1.29 is 84.3 Å². The summed E-state index contributed by atoms with van der Waals surface area (Å²) < 4.78 is 36.1. The first kappa shape index (κ1) is 41.2. The van der Waals surface area contributed by atoms with Crippen LogP contribution in [0.15, 0.2) is 12.2 Å². The Morgan fingerprint density at radius 3 is 1.79 bits per heavy atom. The van der Waals surface area contributed by atoms with Gasteiger partial charge in [-0.15, -0.1) is 0 Å². The number of carbonyl (C=O) groups excluding carboxylic acids is 1. The molecule has 6 fully saturated rings. The molecule has 304 valence electrons. The van der Waals surface area contributed by atoms with E-state index in [1.54, 1.807) is 6.08 Å². The molecule has 3 saturated heterocycles. The summed E-state index contributed by atoms with van der Waals surface area (Å²) >= 11 is 0. The number of hydrogen-bond acceptors (Lipinski definition) is 17. The molecule has 6 rings (SSSR count). The van der Waals surface area contributed by atoms with Gasteiger partial charge in [-0.2, -0.15) is 0 Å². The van der Waals surface area contributed by atoms with Crippen LogP contribution in [0.1, 0.15) is 70.6 Å². The van der Waals surface area contributed by atoms with E-state index in [1.165, 1.54) is 6.08 Å². The van der Waals surface area contributed by atoms with Gasteiger partial charge >= 0.3 is 5.97 Å². The zero-order chi connectivity index (χ0) is 38.0. The van der Waals surface area contributed by atoms with Gasteiger partial charge in [0.15, 0.2) is 12.6 Å². The molecule has 0 aromatic carbocycles. The predicted molar refractivity (Wildman–Crippen MR) is 178 cm³/mol. The fourth-order valence-electron chi connectivity index (χ4n) is 8.92. The summed E-state index contributed by atoms with van der Waals surface area (Å²) in [5.74, 6) is -1.11. The molecule has 6 unspecified atom stereocenters. The predicted octanol–water partition coefficient (Wildman–Crippen LogP) is -2.51. The van der Waals surface area contributed by atoms with E-state index in [9.17, 15) is 55.9 Å². The van der Waals surface area contributed by atoms with Crippen LogP contribution in [0.3, 0.4) is 0 Å². The molecule has 3 aliphatic heterocycles. The highest BCUT2D eigenvalue weighted by Gasteiger charge is 2.53. The first-order valence-corrected chi connectivity index (χ1v) is 19.2. The molecule has 53 heavy (non-hydrogen) atoms. The van der Waals surface area contributed by atoms with Crippen molar-refractivity contribution in [1.29, 1.82) is 0 Å². The lowest BCUT2D eigenvalue weighted by Crippen LogP contribution is -2.63. The largest absolute Gasteiger partial charge is 0.460 e. The Bertz CT molecular complexity index is 1190. The molecule has 0 amide bonds. The standard InChI is InChI=1S/C36H58O17/c37-14-25-28(42)30(44)32(46)35(52-25)50-23-12-20(40)11-22-21(23)13-24(34(49-22)17-4-8-19(39)9-5-17)51-36-33(47)31(45)29(43)26(53-36)15-48-27(41)10-3-16-1-6-18(38)7-2-16/h3,10,16-26,28-40,42-47H,1-2,4-9,11-15H2/t16?,17?,18?,19?,20?,21?,22?,23?,24?,25-,26-,28-,29-,30+,31+,32-,33-,34?,35-,36-/m1/s1. The van der Waals surface area contributed by atoms with E-state index in [-0.39, 0.29) is 37.2 Å². The third-order valence-electron chi connectivity index (χ3n) is 12.1. The first-order valence-electron chi connectivity index (χ1n) is 19.2. The zero-order valence-corrected chi connectivity index (χ0v) is 29.7. The number of aliphatic hydroxyl groups excluding tert-OH is 10. The third-order valence-corrected chi connectivity index (χ3v) is 12.1. The highest BCUT2D eigenvalue weighted by molar-refractivity contribution is 5.81. The average Bonchev–Trinajstić information content (AvgIpc) is 3.14. The van der Waals surface area contributed by atoms with Crippen molar-refractivity contribution >= 4 is 5.97 Å². The van der Waals surface area contributed by atoms with E-state index < -0.39 is 123 Å². The van der Waals surface area contributed by atoms with E-state index in [1.807, 2.05) is 0 Å².